The topological polar surface area (TPSA) is 132 Å². The smallest absolute Gasteiger partial charge is 0.326 e. The van der Waals surface area contributed by atoms with Crippen molar-refractivity contribution in [2.45, 2.75) is 31.7 Å². The molecule has 1 heterocycles. The van der Waals surface area contributed by atoms with Crippen molar-refractivity contribution in [3.8, 4) is 0 Å². The first-order valence-corrected chi connectivity index (χ1v) is 6.34. The molecular formula is C12H15N3O5. The lowest BCUT2D eigenvalue weighted by molar-refractivity contribution is -0.143. The van der Waals surface area contributed by atoms with Crippen molar-refractivity contribution in [3.63, 3.8) is 0 Å². The van der Waals surface area contributed by atoms with Gasteiger partial charge in [0.25, 0.3) is 11.5 Å². The third-order valence-corrected chi connectivity index (χ3v) is 3.40. The molecule has 0 spiro atoms. The highest BCUT2D eigenvalue weighted by Crippen LogP contribution is 2.24. The van der Waals surface area contributed by atoms with Gasteiger partial charge < -0.3 is 15.4 Å². The molecule has 0 radical (unpaired) electrons. The van der Waals surface area contributed by atoms with E-state index in [0.29, 0.717) is 12.8 Å². The Hall–Kier alpha value is -2.38. The highest BCUT2D eigenvalue weighted by molar-refractivity contribution is 5.92. The second kappa shape index (κ2) is 5.72. The quantitative estimate of drug-likeness (QED) is 0.589. The predicted molar refractivity (Wildman–Crippen MR) is 68.5 cm³/mol. The molecule has 2 atom stereocenters. The number of nitrogens with one attached hydrogen (secondary N) is 3. The van der Waals surface area contributed by atoms with E-state index in [0.717, 1.165) is 18.9 Å². The van der Waals surface area contributed by atoms with Gasteiger partial charge in [-0.1, -0.05) is 12.8 Å². The lowest BCUT2D eigenvalue weighted by Crippen LogP contribution is -2.45. The van der Waals surface area contributed by atoms with Gasteiger partial charge in [0.2, 0.25) is 0 Å². The highest BCUT2D eigenvalue weighted by Gasteiger charge is 2.32. The molecule has 0 aliphatic heterocycles. The first-order valence-electron chi connectivity index (χ1n) is 6.34. The van der Waals surface area contributed by atoms with Crippen LogP contribution in [0.1, 0.15) is 36.2 Å². The molecule has 1 aromatic heterocycles. The Morgan fingerprint density at radius 2 is 1.90 bits per heavy atom. The fourth-order valence-corrected chi connectivity index (χ4v) is 2.44. The van der Waals surface area contributed by atoms with E-state index in [1.807, 2.05) is 4.98 Å². The zero-order chi connectivity index (χ0) is 14.7. The second-order valence-electron chi connectivity index (χ2n) is 4.81. The van der Waals surface area contributed by atoms with Crippen molar-refractivity contribution in [1.29, 1.82) is 0 Å². The van der Waals surface area contributed by atoms with Crippen LogP contribution in [0.3, 0.4) is 0 Å². The molecule has 1 amide bonds. The summed E-state index contributed by atoms with van der Waals surface area (Å²) in [6.07, 6.45) is 2.72. The van der Waals surface area contributed by atoms with Crippen LogP contribution < -0.4 is 16.6 Å². The van der Waals surface area contributed by atoms with Crippen molar-refractivity contribution in [1.82, 2.24) is 15.3 Å². The number of hydrogen-bond acceptors (Lipinski definition) is 4. The van der Waals surface area contributed by atoms with Crippen molar-refractivity contribution < 1.29 is 14.7 Å². The molecule has 1 aliphatic rings. The van der Waals surface area contributed by atoms with Crippen LogP contribution in [-0.4, -0.2) is 33.0 Å². The van der Waals surface area contributed by atoms with E-state index in [9.17, 15) is 19.2 Å². The van der Waals surface area contributed by atoms with E-state index in [-0.39, 0.29) is 5.69 Å². The van der Waals surface area contributed by atoms with Crippen molar-refractivity contribution in [2.24, 2.45) is 5.92 Å². The maximum atomic E-state index is 12.0. The summed E-state index contributed by atoms with van der Waals surface area (Å²) in [6.45, 7) is 0. The first-order chi connectivity index (χ1) is 9.47. The van der Waals surface area contributed by atoms with Crippen LogP contribution in [0.15, 0.2) is 15.7 Å². The maximum Gasteiger partial charge on any atom is 0.326 e. The molecule has 8 heteroatoms. The largest absolute Gasteiger partial charge is 0.481 e. The lowest BCUT2D eigenvalue weighted by Gasteiger charge is -2.29. The molecule has 0 bridgehead atoms. The normalized spacial score (nSPS) is 22.2. The van der Waals surface area contributed by atoms with Gasteiger partial charge in [-0.2, -0.15) is 0 Å². The van der Waals surface area contributed by atoms with Gasteiger partial charge >= 0.3 is 11.7 Å². The van der Waals surface area contributed by atoms with Gasteiger partial charge in [-0.3, -0.25) is 19.4 Å². The number of aliphatic carboxylic acids is 1. The highest BCUT2D eigenvalue weighted by atomic mass is 16.4. The zero-order valence-electron chi connectivity index (χ0n) is 10.6. The van der Waals surface area contributed by atoms with Gasteiger partial charge in [0.15, 0.2) is 0 Å². The summed E-state index contributed by atoms with van der Waals surface area (Å²) in [5.74, 6) is -2.23. The second-order valence-corrected chi connectivity index (χ2v) is 4.81. The molecule has 2 unspecified atom stereocenters. The van der Waals surface area contributed by atoms with E-state index >= 15 is 0 Å². The van der Waals surface area contributed by atoms with Gasteiger partial charge in [-0.25, -0.2) is 4.79 Å². The monoisotopic (exact) mass is 281 g/mol. The van der Waals surface area contributed by atoms with Crippen LogP contribution in [0.5, 0.6) is 0 Å². The predicted octanol–water partition coefficient (Wildman–Crippen LogP) is -0.564. The molecule has 8 nitrogen and oxygen atoms in total. The van der Waals surface area contributed by atoms with Gasteiger partial charge in [0.1, 0.15) is 5.69 Å². The molecular weight excluding hydrogens is 266 g/mol. The molecule has 2 rings (SSSR count). The standard InChI is InChI=1S/C12H15N3O5/c16-9-5-8(14-12(20)15-9)10(17)13-7-4-2-1-3-6(7)11(18)19/h5-7H,1-4H2,(H,13,17)(H,18,19)(H2,14,15,16,20). The number of amides is 1. The SMILES string of the molecule is O=C(NC1CCCCC1C(=O)O)c1cc(=O)[nH]c(=O)[nH]1. The molecule has 0 aromatic carbocycles. The summed E-state index contributed by atoms with van der Waals surface area (Å²) >= 11 is 0. The molecule has 20 heavy (non-hydrogen) atoms. The Morgan fingerprint density at radius 3 is 2.55 bits per heavy atom. The Kier molecular flexibility index (Phi) is 4.02. The third kappa shape index (κ3) is 3.14. The van der Waals surface area contributed by atoms with Crippen LogP contribution in [0.25, 0.3) is 0 Å². The molecule has 108 valence electrons. The minimum Gasteiger partial charge on any atom is -0.481 e. The number of rotatable bonds is 3. The molecule has 1 saturated carbocycles. The number of aromatic nitrogens is 2. The van der Waals surface area contributed by atoms with Crippen LogP contribution >= 0.6 is 0 Å². The minimum absolute atomic E-state index is 0.173. The van der Waals surface area contributed by atoms with Crippen molar-refractivity contribution in [3.05, 3.63) is 32.6 Å². The van der Waals surface area contributed by atoms with E-state index < -0.39 is 35.1 Å². The number of aromatic amines is 2. The number of hydrogen-bond donors (Lipinski definition) is 4. The lowest BCUT2D eigenvalue weighted by atomic mass is 9.84. The van der Waals surface area contributed by atoms with Crippen LogP contribution in [0.4, 0.5) is 0 Å². The summed E-state index contributed by atoms with van der Waals surface area (Å²) in [6, 6.07) is 0.478. The van der Waals surface area contributed by atoms with E-state index in [1.165, 1.54) is 0 Å². The Bertz CT molecular complexity index is 604. The van der Waals surface area contributed by atoms with Gasteiger partial charge in [-0.15, -0.1) is 0 Å². The van der Waals surface area contributed by atoms with Crippen LogP contribution in [0.2, 0.25) is 0 Å². The fraction of sp³-hybridized carbons (Fsp3) is 0.500. The number of carbonyl (C=O) groups is 2. The average Bonchev–Trinajstić information content (AvgIpc) is 2.37. The molecule has 1 aliphatic carbocycles. The van der Waals surface area contributed by atoms with Gasteiger partial charge in [0, 0.05) is 12.1 Å². The average molecular weight is 281 g/mol. The number of H-pyrrole nitrogens is 2. The minimum atomic E-state index is -0.950. The zero-order valence-corrected chi connectivity index (χ0v) is 10.6. The maximum absolute atomic E-state index is 12.0. The van der Waals surface area contributed by atoms with Gasteiger partial charge in [-0.05, 0) is 12.8 Å². The molecule has 0 saturated heterocycles. The Balaban J connectivity index is 2.15. The Morgan fingerprint density at radius 1 is 1.20 bits per heavy atom. The van der Waals surface area contributed by atoms with E-state index in [2.05, 4.69) is 10.3 Å². The fourth-order valence-electron chi connectivity index (χ4n) is 2.44. The summed E-state index contributed by atoms with van der Waals surface area (Å²) in [5.41, 5.74) is -1.63. The third-order valence-electron chi connectivity index (χ3n) is 3.40. The molecule has 4 N–H and O–H groups in total. The summed E-state index contributed by atoms with van der Waals surface area (Å²) < 4.78 is 0. The number of carboxylic acid groups (broad SMARTS) is 1. The van der Waals surface area contributed by atoms with Gasteiger partial charge in [0.05, 0.1) is 5.92 Å². The molecule has 1 aromatic rings. The van der Waals surface area contributed by atoms with Crippen LogP contribution in [-0.2, 0) is 4.79 Å². The number of carbonyl (C=O) groups excluding carboxylic acids is 1. The van der Waals surface area contributed by atoms with Crippen LogP contribution in [0, 0.1) is 5.92 Å². The van der Waals surface area contributed by atoms with Crippen molar-refractivity contribution >= 4 is 11.9 Å². The summed E-state index contributed by atoms with van der Waals surface area (Å²) in [4.78, 5) is 49.5. The Labute approximate surface area is 113 Å². The summed E-state index contributed by atoms with van der Waals surface area (Å²) in [5, 5.41) is 11.7. The van der Waals surface area contributed by atoms with E-state index in [1.54, 1.807) is 0 Å². The molecule has 1 fully saturated rings. The van der Waals surface area contributed by atoms with Crippen molar-refractivity contribution in [2.75, 3.05) is 0 Å². The van der Waals surface area contributed by atoms with E-state index in [4.69, 9.17) is 5.11 Å². The number of carboxylic acids is 1. The first kappa shape index (κ1) is 14.0. The summed E-state index contributed by atoms with van der Waals surface area (Å²) in [7, 11) is 0.